The molecule has 2 fully saturated rings. The van der Waals surface area contributed by atoms with Crippen molar-refractivity contribution < 1.29 is 0 Å². The van der Waals surface area contributed by atoms with Crippen LogP contribution in [-0.2, 0) is 0 Å². The summed E-state index contributed by atoms with van der Waals surface area (Å²) < 4.78 is 0. The van der Waals surface area contributed by atoms with E-state index in [1.165, 1.54) is 6.42 Å². The van der Waals surface area contributed by atoms with Crippen LogP contribution in [0.25, 0.3) is 0 Å². The molecule has 0 aromatic heterocycles. The Morgan fingerprint density at radius 3 is 2.60 bits per heavy atom. The molecule has 2 aliphatic rings. The highest BCUT2D eigenvalue weighted by Gasteiger charge is 2.30. The van der Waals surface area contributed by atoms with Gasteiger partial charge in [0.1, 0.15) is 6.07 Å². The van der Waals surface area contributed by atoms with E-state index < -0.39 is 0 Å². The van der Waals surface area contributed by atoms with E-state index in [4.69, 9.17) is 5.73 Å². The Kier molecular flexibility index (Phi) is 3.90. The summed E-state index contributed by atoms with van der Waals surface area (Å²) >= 11 is 0. The van der Waals surface area contributed by atoms with Crippen molar-refractivity contribution in [3.63, 3.8) is 0 Å². The zero-order chi connectivity index (χ0) is 13.9. The van der Waals surface area contributed by atoms with E-state index in [0.29, 0.717) is 12.1 Å². The third-order valence-corrected chi connectivity index (χ3v) is 4.62. The molecule has 2 aliphatic heterocycles. The molecule has 0 amide bonds. The predicted octanol–water partition coefficient (Wildman–Crippen LogP) is 1.56. The lowest BCUT2D eigenvalue weighted by atomic mass is 10.0. The van der Waals surface area contributed by atoms with Crippen molar-refractivity contribution in [3.8, 4) is 6.07 Å². The SMILES string of the molecule is N#Cc1ccccc1N1CCC(N2CCC(N)CC2)C1. The largest absolute Gasteiger partial charge is 0.369 e. The Morgan fingerprint density at radius 2 is 1.85 bits per heavy atom. The Hall–Kier alpha value is -1.57. The molecule has 2 N–H and O–H groups in total. The average Bonchev–Trinajstić information content (AvgIpc) is 2.97. The highest BCUT2D eigenvalue weighted by Crippen LogP contribution is 2.27. The van der Waals surface area contributed by atoms with Gasteiger partial charge >= 0.3 is 0 Å². The summed E-state index contributed by atoms with van der Waals surface area (Å²) in [7, 11) is 0. The van der Waals surface area contributed by atoms with Crippen molar-refractivity contribution >= 4 is 5.69 Å². The number of rotatable bonds is 2. The van der Waals surface area contributed by atoms with Gasteiger partial charge in [0, 0.05) is 25.2 Å². The fourth-order valence-corrected chi connectivity index (χ4v) is 3.39. The Morgan fingerprint density at radius 1 is 1.10 bits per heavy atom. The first kappa shape index (κ1) is 13.4. The lowest BCUT2D eigenvalue weighted by molar-refractivity contribution is 0.163. The maximum atomic E-state index is 9.22. The molecule has 4 heteroatoms. The van der Waals surface area contributed by atoms with Gasteiger partial charge in [-0.15, -0.1) is 0 Å². The van der Waals surface area contributed by atoms with Gasteiger partial charge in [0.05, 0.1) is 11.3 Å². The molecule has 106 valence electrons. The number of hydrogen-bond acceptors (Lipinski definition) is 4. The quantitative estimate of drug-likeness (QED) is 0.886. The van der Waals surface area contributed by atoms with Crippen LogP contribution < -0.4 is 10.6 Å². The van der Waals surface area contributed by atoms with Gasteiger partial charge in [-0.25, -0.2) is 0 Å². The van der Waals surface area contributed by atoms with E-state index in [1.54, 1.807) is 0 Å². The molecule has 4 nitrogen and oxygen atoms in total. The van der Waals surface area contributed by atoms with Gasteiger partial charge in [-0.05, 0) is 44.5 Å². The van der Waals surface area contributed by atoms with Crippen molar-refractivity contribution in [1.82, 2.24) is 4.90 Å². The highest BCUT2D eigenvalue weighted by atomic mass is 15.3. The van der Waals surface area contributed by atoms with E-state index in [-0.39, 0.29) is 0 Å². The summed E-state index contributed by atoms with van der Waals surface area (Å²) in [4.78, 5) is 4.94. The van der Waals surface area contributed by atoms with Crippen LogP contribution in [0.4, 0.5) is 5.69 Å². The molecule has 0 radical (unpaired) electrons. The van der Waals surface area contributed by atoms with Crippen LogP contribution in [0.1, 0.15) is 24.8 Å². The molecule has 1 atom stereocenters. The minimum Gasteiger partial charge on any atom is -0.369 e. The first-order valence-corrected chi connectivity index (χ1v) is 7.51. The summed E-state index contributed by atoms with van der Waals surface area (Å²) in [5, 5.41) is 9.22. The summed E-state index contributed by atoms with van der Waals surface area (Å²) in [5.41, 5.74) is 7.85. The maximum Gasteiger partial charge on any atom is 0.101 e. The van der Waals surface area contributed by atoms with Crippen molar-refractivity contribution in [1.29, 1.82) is 5.26 Å². The van der Waals surface area contributed by atoms with Crippen molar-refractivity contribution in [2.75, 3.05) is 31.1 Å². The van der Waals surface area contributed by atoms with Gasteiger partial charge in [0.15, 0.2) is 0 Å². The molecule has 0 aliphatic carbocycles. The lowest BCUT2D eigenvalue weighted by Gasteiger charge is -2.34. The number of nitrogens with zero attached hydrogens (tertiary/aromatic N) is 3. The third kappa shape index (κ3) is 2.65. The van der Waals surface area contributed by atoms with E-state index in [1.807, 2.05) is 18.2 Å². The van der Waals surface area contributed by atoms with Crippen molar-refractivity contribution in [2.24, 2.45) is 5.73 Å². The molecular formula is C16H22N4. The molecule has 20 heavy (non-hydrogen) atoms. The van der Waals surface area contributed by atoms with Crippen LogP contribution in [-0.4, -0.2) is 43.2 Å². The fourth-order valence-electron chi connectivity index (χ4n) is 3.39. The normalized spacial score (nSPS) is 24.8. The predicted molar refractivity (Wildman–Crippen MR) is 80.6 cm³/mol. The Balaban J connectivity index is 1.66. The molecule has 0 saturated carbocycles. The molecule has 0 bridgehead atoms. The first-order valence-electron chi connectivity index (χ1n) is 7.51. The van der Waals surface area contributed by atoms with E-state index >= 15 is 0 Å². The summed E-state index contributed by atoms with van der Waals surface area (Å²) in [6.45, 7) is 4.33. The molecule has 1 aromatic rings. The molecule has 3 rings (SSSR count). The maximum absolute atomic E-state index is 9.22. The number of benzene rings is 1. The van der Waals surface area contributed by atoms with Gasteiger partial charge in [-0.3, -0.25) is 4.90 Å². The van der Waals surface area contributed by atoms with E-state index in [0.717, 1.165) is 50.3 Å². The molecule has 2 heterocycles. The summed E-state index contributed by atoms with van der Waals surface area (Å²) in [6.07, 6.45) is 3.42. The topological polar surface area (TPSA) is 56.3 Å². The number of nitriles is 1. The van der Waals surface area contributed by atoms with Crippen molar-refractivity contribution in [2.45, 2.75) is 31.3 Å². The van der Waals surface area contributed by atoms with Gasteiger partial charge in [0.2, 0.25) is 0 Å². The van der Waals surface area contributed by atoms with E-state index in [2.05, 4.69) is 21.9 Å². The van der Waals surface area contributed by atoms with Crippen LogP contribution in [0, 0.1) is 11.3 Å². The number of nitrogens with two attached hydrogens (primary N) is 1. The fraction of sp³-hybridized carbons (Fsp3) is 0.562. The molecule has 0 spiro atoms. The highest BCUT2D eigenvalue weighted by molar-refractivity contribution is 5.59. The number of piperidine rings is 1. The minimum atomic E-state index is 0.392. The average molecular weight is 270 g/mol. The van der Waals surface area contributed by atoms with Crippen LogP contribution in [0.3, 0.4) is 0 Å². The minimum absolute atomic E-state index is 0.392. The van der Waals surface area contributed by atoms with Crippen LogP contribution >= 0.6 is 0 Å². The monoisotopic (exact) mass is 270 g/mol. The molecule has 2 saturated heterocycles. The van der Waals surface area contributed by atoms with E-state index in [9.17, 15) is 5.26 Å². The second-order valence-electron chi connectivity index (χ2n) is 5.89. The number of anilines is 1. The summed E-state index contributed by atoms with van der Waals surface area (Å²) in [6, 6.07) is 11.2. The zero-order valence-electron chi connectivity index (χ0n) is 11.8. The zero-order valence-corrected chi connectivity index (χ0v) is 11.8. The number of hydrogen-bond donors (Lipinski definition) is 1. The van der Waals surface area contributed by atoms with Gasteiger partial charge < -0.3 is 10.6 Å². The lowest BCUT2D eigenvalue weighted by Crippen LogP contribution is -2.46. The standard InChI is InChI=1S/C16H22N4/c17-11-13-3-1-2-4-16(13)20-10-7-15(12-20)19-8-5-14(18)6-9-19/h1-4,14-15H,5-10,12,18H2. The van der Waals surface area contributed by atoms with Crippen LogP contribution in [0.5, 0.6) is 0 Å². The number of likely N-dealkylation sites (tertiary alicyclic amines) is 1. The molecular weight excluding hydrogens is 248 g/mol. The first-order chi connectivity index (χ1) is 9.78. The summed E-state index contributed by atoms with van der Waals surface area (Å²) in [5.74, 6) is 0. The Labute approximate surface area is 120 Å². The molecule has 1 unspecified atom stereocenters. The Bertz CT molecular complexity index is 499. The second kappa shape index (κ2) is 5.82. The van der Waals surface area contributed by atoms with Crippen LogP contribution in [0.15, 0.2) is 24.3 Å². The third-order valence-electron chi connectivity index (χ3n) is 4.62. The van der Waals surface area contributed by atoms with Crippen molar-refractivity contribution in [3.05, 3.63) is 29.8 Å². The van der Waals surface area contributed by atoms with Crippen LogP contribution in [0.2, 0.25) is 0 Å². The number of para-hydroxylation sites is 1. The second-order valence-corrected chi connectivity index (χ2v) is 5.89. The van der Waals surface area contributed by atoms with Gasteiger partial charge in [-0.2, -0.15) is 5.26 Å². The smallest absolute Gasteiger partial charge is 0.101 e. The molecule has 1 aromatic carbocycles. The van der Waals surface area contributed by atoms with Gasteiger partial charge in [-0.1, -0.05) is 12.1 Å². The van der Waals surface area contributed by atoms with Gasteiger partial charge in [0.25, 0.3) is 0 Å².